The molecule has 0 unspecified atom stereocenters. The van der Waals surface area contributed by atoms with Crippen LogP contribution >= 0.6 is 11.6 Å². The smallest absolute Gasteiger partial charge is 0.428 e. The molecule has 4 nitrogen and oxygen atoms in total. The minimum absolute atomic E-state index is 0.677. The van der Waals surface area contributed by atoms with E-state index in [1.807, 2.05) is 0 Å². The number of rotatable bonds is 0. The lowest BCUT2D eigenvalue weighted by Crippen LogP contribution is -2.24. The van der Waals surface area contributed by atoms with E-state index in [2.05, 4.69) is 9.47 Å². The van der Waals surface area contributed by atoms with E-state index < -0.39 is 17.2 Å². The van der Waals surface area contributed by atoms with Crippen molar-refractivity contribution in [2.24, 2.45) is 0 Å². The minimum atomic E-state index is -1.20. The largest absolute Gasteiger partial charge is 0.517 e. The van der Waals surface area contributed by atoms with E-state index in [0.717, 1.165) is 0 Å². The number of halogens is 1. The van der Waals surface area contributed by atoms with E-state index in [1.54, 1.807) is 20.8 Å². The monoisotopic (exact) mass is 180 g/mol. The van der Waals surface area contributed by atoms with Crippen LogP contribution in [0.1, 0.15) is 20.8 Å². The van der Waals surface area contributed by atoms with Gasteiger partial charge in [-0.25, -0.2) is 9.59 Å². The van der Waals surface area contributed by atoms with Crippen molar-refractivity contribution in [2.75, 3.05) is 0 Å². The van der Waals surface area contributed by atoms with Gasteiger partial charge in [0.2, 0.25) is 0 Å². The summed E-state index contributed by atoms with van der Waals surface area (Å²) in [6.07, 6.45) is -1.09. The molecule has 0 bridgehead atoms. The lowest BCUT2D eigenvalue weighted by molar-refractivity contribution is 0.0128. The molecule has 11 heavy (non-hydrogen) atoms. The maximum Gasteiger partial charge on any atom is 0.517 e. The van der Waals surface area contributed by atoms with Crippen LogP contribution in [0.4, 0.5) is 9.59 Å². The molecular formula is C6H9ClO4. The zero-order valence-electron chi connectivity index (χ0n) is 6.51. The van der Waals surface area contributed by atoms with Gasteiger partial charge in [-0.15, -0.1) is 0 Å². The van der Waals surface area contributed by atoms with Crippen LogP contribution in [0.2, 0.25) is 0 Å². The summed E-state index contributed by atoms with van der Waals surface area (Å²) >= 11 is 4.74. The van der Waals surface area contributed by atoms with E-state index >= 15 is 0 Å². The van der Waals surface area contributed by atoms with Crippen molar-refractivity contribution in [1.82, 2.24) is 0 Å². The fourth-order valence-corrected chi connectivity index (χ4v) is 0.399. The standard InChI is InChI=1S/C6H9ClO4/c1-6(2,3)11-5(9)10-4(7)8/h1-3H3. The zero-order valence-corrected chi connectivity index (χ0v) is 7.27. The Morgan fingerprint density at radius 1 is 1.27 bits per heavy atom. The first kappa shape index (κ1) is 10.2. The van der Waals surface area contributed by atoms with Gasteiger partial charge >= 0.3 is 11.6 Å². The third-order valence-corrected chi connectivity index (χ3v) is 0.630. The number of ether oxygens (including phenoxy) is 2. The summed E-state index contributed by atoms with van der Waals surface area (Å²) in [6.45, 7) is 4.94. The predicted molar refractivity (Wildman–Crippen MR) is 38.6 cm³/mol. The van der Waals surface area contributed by atoms with Gasteiger partial charge in [-0.05, 0) is 20.8 Å². The molecule has 0 aromatic carbocycles. The molecule has 0 fully saturated rings. The van der Waals surface area contributed by atoms with Crippen LogP contribution in [0, 0.1) is 0 Å². The second-order valence-corrected chi connectivity index (χ2v) is 3.11. The predicted octanol–water partition coefficient (Wildman–Crippen LogP) is 2.30. The van der Waals surface area contributed by atoms with Crippen molar-refractivity contribution in [3.05, 3.63) is 0 Å². The second-order valence-electron chi connectivity index (χ2n) is 2.80. The molecule has 0 saturated carbocycles. The SMILES string of the molecule is CC(C)(C)OC(=O)OC(=O)Cl. The summed E-state index contributed by atoms with van der Waals surface area (Å²) in [5, 5.41) is 0. The summed E-state index contributed by atoms with van der Waals surface area (Å²) in [4.78, 5) is 20.5. The molecule has 0 heterocycles. The van der Waals surface area contributed by atoms with Crippen LogP contribution in [-0.4, -0.2) is 17.2 Å². The summed E-state index contributed by atoms with van der Waals surface area (Å²) in [7, 11) is 0. The Labute approximate surface area is 69.4 Å². The van der Waals surface area contributed by atoms with Crippen LogP contribution in [-0.2, 0) is 9.47 Å². The molecule has 0 saturated heterocycles. The molecule has 0 aliphatic rings. The molecule has 0 amide bonds. The normalized spacial score (nSPS) is 10.5. The fourth-order valence-electron chi connectivity index (χ4n) is 0.336. The molecule has 0 aliphatic heterocycles. The molecule has 0 rings (SSSR count). The first-order valence-electron chi connectivity index (χ1n) is 2.91. The third-order valence-electron chi connectivity index (χ3n) is 0.553. The van der Waals surface area contributed by atoms with Gasteiger partial charge in [0, 0.05) is 11.6 Å². The lowest BCUT2D eigenvalue weighted by atomic mass is 10.2. The fraction of sp³-hybridized carbons (Fsp3) is 0.667. The second kappa shape index (κ2) is 3.57. The summed E-state index contributed by atoms with van der Waals surface area (Å²) in [5.74, 6) is 0. The molecule has 0 atom stereocenters. The Kier molecular flexibility index (Phi) is 3.32. The van der Waals surface area contributed by atoms with Crippen molar-refractivity contribution >= 4 is 23.2 Å². The molecule has 0 aliphatic carbocycles. The Balaban J connectivity index is 3.80. The highest BCUT2D eigenvalue weighted by molar-refractivity contribution is 6.61. The van der Waals surface area contributed by atoms with Crippen molar-refractivity contribution in [3.63, 3.8) is 0 Å². The topological polar surface area (TPSA) is 52.6 Å². The number of hydrogen-bond donors (Lipinski definition) is 0. The van der Waals surface area contributed by atoms with E-state index in [0.29, 0.717) is 0 Å². The van der Waals surface area contributed by atoms with Gasteiger partial charge in [-0.1, -0.05) is 0 Å². The van der Waals surface area contributed by atoms with Gasteiger partial charge in [0.1, 0.15) is 5.60 Å². The average molecular weight is 181 g/mol. The number of hydrogen-bond acceptors (Lipinski definition) is 4. The average Bonchev–Trinajstić information content (AvgIpc) is 1.53. The number of carbonyl (C=O) groups is 2. The molecule has 0 radical (unpaired) electrons. The Hall–Kier alpha value is -0.770. The maximum absolute atomic E-state index is 10.5. The molecular weight excluding hydrogens is 172 g/mol. The van der Waals surface area contributed by atoms with E-state index in [9.17, 15) is 9.59 Å². The van der Waals surface area contributed by atoms with Crippen LogP contribution in [0.5, 0.6) is 0 Å². The van der Waals surface area contributed by atoms with Gasteiger partial charge in [0.15, 0.2) is 0 Å². The third kappa shape index (κ3) is 7.12. The van der Waals surface area contributed by atoms with Crippen LogP contribution in [0.15, 0.2) is 0 Å². The van der Waals surface area contributed by atoms with Crippen LogP contribution < -0.4 is 0 Å². The van der Waals surface area contributed by atoms with Crippen LogP contribution in [0.25, 0.3) is 0 Å². The zero-order chi connectivity index (χ0) is 9.07. The molecule has 0 aromatic heterocycles. The molecule has 0 spiro atoms. The summed E-state index contributed by atoms with van der Waals surface area (Å²) in [6, 6.07) is 0. The Morgan fingerprint density at radius 3 is 2.00 bits per heavy atom. The van der Waals surface area contributed by atoms with Crippen molar-refractivity contribution in [3.8, 4) is 0 Å². The minimum Gasteiger partial charge on any atom is -0.428 e. The maximum atomic E-state index is 10.5. The van der Waals surface area contributed by atoms with Gasteiger partial charge in [0.05, 0.1) is 0 Å². The van der Waals surface area contributed by atoms with Crippen molar-refractivity contribution in [2.45, 2.75) is 26.4 Å². The quantitative estimate of drug-likeness (QED) is 0.326. The molecule has 64 valence electrons. The van der Waals surface area contributed by atoms with Crippen LogP contribution in [0.3, 0.4) is 0 Å². The Bertz CT molecular complexity index is 170. The van der Waals surface area contributed by atoms with Gasteiger partial charge in [0.25, 0.3) is 0 Å². The Morgan fingerprint density at radius 2 is 1.73 bits per heavy atom. The summed E-state index contributed by atoms with van der Waals surface area (Å²) in [5.41, 5.74) is -1.87. The first-order valence-corrected chi connectivity index (χ1v) is 3.29. The van der Waals surface area contributed by atoms with Crippen molar-refractivity contribution in [1.29, 1.82) is 0 Å². The molecule has 5 heteroatoms. The van der Waals surface area contributed by atoms with Gasteiger partial charge < -0.3 is 9.47 Å². The summed E-state index contributed by atoms with van der Waals surface area (Å²) < 4.78 is 8.47. The van der Waals surface area contributed by atoms with E-state index in [1.165, 1.54) is 0 Å². The van der Waals surface area contributed by atoms with Crippen molar-refractivity contribution < 1.29 is 19.1 Å². The van der Waals surface area contributed by atoms with E-state index in [4.69, 9.17) is 11.6 Å². The van der Waals surface area contributed by atoms with Gasteiger partial charge in [-0.2, -0.15) is 0 Å². The molecule has 0 N–H and O–H groups in total. The number of carbonyl (C=O) groups excluding carboxylic acids is 2. The first-order chi connectivity index (χ1) is 4.81. The van der Waals surface area contributed by atoms with E-state index in [-0.39, 0.29) is 0 Å². The highest BCUT2D eigenvalue weighted by Gasteiger charge is 2.18. The lowest BCUT2D eigenvalue weighted by Gasteiger charge is -2.17. The highest BCUT2D eigenvalue weighted by Crippen LogP contribution is 2.08. The molecule has 0 aromatic rings. The highest BCUT2D eigenvalue weighted by atomic mass is 35.5. The van der Waals surface area contributed by atoms with Gasteiger partial charge in [-0.3, -0.25) is 0 Å².